The molecule has 0 spiro atoms. The lowest BCUT2D eigenvalue weighted by atomic mass is 9.81. The second kappa shape index (κ2) is 6.20. The molecule has 23 heavy (non-hydrogen) atoms. The van der Waals surface area contributed by atoms with Crippen molar-refractivity contribution in [3.63, 3.8) is 0 Å². The number of methoxy groups -OCH3 is 1. The van der Waals surface area contributed by atoms with Gasteiger partial charge in [0, 0.05) is 25.4 Å². The van der Waals surface area contributed by atoms with Crippen molar-refractivity contribution in [1.29, 1.82) is 0 Å². The van der Waals surface area contributed by atoms with Crippen LogP contribution in [0, 0.1) is 11.3 Å². The predicted molar refractivity (Wildman–Crippen MR) is 82.3 cm³/mol. The molecular weight excluding hydrogens is 298 g/mol. The van der Waals surface area contributed by atoms with E-state index in [0.29, 0.717) is 26.0 Å². The largest absolute Gasteiger partial charge is 0.496 e. The van der Waals surface area contributed by atoms with Crippen molar-refractivity contribution in [2.24, 2.45) is 11.3 Å². The van der Waals surface area contributed by atoms with Crippen molar-refractivity contribution in [2.75, 3.05) is 33.4 Å². The van der Waals surface area contributed by atoms with Crippen LogP contribution in [-0.2, 0) is 20.7 Å². The molecule has 0 radical (unpaired) electrons. The molecule has 2 saturated heterocycles. The van der Waals surface area contributed by atoms with Crippen LogP contribution in [0.15, 0.2) is 24.3 Å². The Morgan fingerprint density at radius 2 is 2.22 bits per heavy atom. The standard InChI is InChI=1S/C17H21NO5/c1-22-14-5-3-2-4-12(14)6-7-15(19)18-8-13-9-23-11-17(13,10-18)16(20)21/h2-5,13H,6-11H2,1H3,(H,20,21)/t13-,17-/m1/s1. The lowest BCUT2D eigenvalue weighted by Gasteiger charge is -2.22. The fourth-order valence-electron chi connectivity index (χ4n) is 3.54. The maximum absolute atomic E-state index is 12.5. The molecule has 2 aliphatic rings. The van der Waals surface area contributed by atoms with Crippen molar-refractivity contribution in [3.8, 4) is 5.75 Å². The second-order valence-corrected chi connectivity index (χ2v) is 6.26. The Labute approximate surface area is 135 Å². The van der Waals surface area contributed by atoms with Crippen molar-refractivity contribution in [1.82, 2.24) is 4.90 Å². The number of carbonyl (C=O) groups is 2. The number of nitrogens with zero attached hydrogens (tertiary/aromatic N) is 1. The lowest BCUT2D eigenvalue weighted by Crippen LogP contribution is -2.40. The van der Waals surface area contributed by atoms with E-state index >= 15 is 0 Å². The second-order valence-electron chi connectivity index (χ2n) is 6.26. The normalized spacial score (nSPS) is 26.1. The molecule has 0 aromatic heterocycles. The number of carboxylic acid groups (broad SMARTS) is 1. The molecule has 6 nitrogen and oxygen atoms in total. The van der Waals surface area contributed by atoms with Crippen LogP contribution in [0.1, 0.15) is 12.0 Å². The number of hydrogen-bond acceptors (Lipinski definition) is 4. The highest BCUT2D eigenvalue weighted by atomic mass is 16.5. The van der Waals surface area contributed by atoms with Crippen LogP contribution in [0.5, 0.6) is 5.75 Å². The van der Waals surface area contributed by atoms with Gasteiger partial charge < -0.3 is 19.5 Å². The monoisotopic (exact) mass is 319 g/mol. The highest BCUT2D eigenvalue weighted by molar-refractivity contribution is 5.81. The molecule has 0 saturated carbocycles. The third-order valence-electron chi connectivity index (χ3n) is 4.95. The van der Waals surface area contributed by atoms with Gasteiger partial charge in [0.1, 0.15) is 11.2 Å². The van der Waals surface area contributed by atoms with E-state index in [2.05, 4.69) is 0 Å². The number of rotatable bonds is 5. The number of amides is 1. The summed E-state index contributed by atoms with van der Waals surface area (Å²) < 4.78 is 10.6. The summed E-state index contributed by atoms with van der Waals surface area (Å²) in [5.41, 5.74) is 0.0686. The molecule has 3 rings (SSSR count). The zero-order chi connectivity index (χ0) is 16.4. The van der Waals surface area contributed by atoms with E-state index in [1.807, 2.05) is 24.3 Å². The first-order chi connectivity index (χ1) is 11.1. The zero-order valence-corrected chi connectivity index (χ0v) is 13.2. The van der Waals surface area contributed by atoms with Gasteiger partial charge in [0.2, 0.25) is 5.91 Å². The molecule has 1 aromatic rings. The fraction of sp³-hybridized carbons (Fsp3) is 0.529. The summed E-state index contributed by atoms with van der Waals surface area (Å²) in [6.07, 6.45) is 0.935. The van der Waals surface area contributed by atoms with Gasteiger partial charge in [-0.05, 0) is 18.1 Å². The van der Waals surface area contributed by atoms with E-state index in [-0.39, 0.29) is 25.0 Å². The zero-order valence-electron chi connectivity index (χ0n) is 13.2. The summed E-state index contributed by atoms with van der Waals surface area (Å²) in [6.45, 7) is 1.33. The quantitative estimate of drug-likeness (QED) is 0.882. The lowest BCUT2D eigenvalue weighted by molar-refractivity contribution is -0.149. The first-order valence-electron chi connectivity index (χ1n) is 7.77. The van der Waals surface area contributed by atoms with Crippen molar-refractivity contribution in [2.45, 2.75) is 12.8 Å². The van der Waals surface area contributed by atoms with Gasteiger partial charge in [-0.25, -0.2) is 0 Å². The van der Waals surface area contributed by atoms with Crippen LogP contribution in [-0.4, -0.2) is 55.3 Å². The highest BCUT2D eigenvalue weighted by Crippen LogP contribution is 2.41. The molecule has 0 bridgehead atoms. The Morgan fingerprint density at radius 3 is 2.91 bits per heavy atom. The van der Waals surface area contributed by atoms with E-state index < -0.39 is 11.4 Å². The number of carboxylic acids is 1. The van der Waals surface area contributed by atoms with E-state index in [4.69, 9.17) is 9.47 Å². The van der Waals surface area contributed by atoms with Crippen LogP contribution >= 0.6 is 0 Å². The van der Waals surface area contributed by atoms with Gasteiger partial charge >= 0.3 is 5.97 Å². The minimum atomic E-state index is -0.917. The Morgan fingerprint density at radius 1 is 1.43 bits per heavy atom. The smallest absolute Gasteiger partial charge is 0.314 e. The van der Waals surface area contributed by atoms with E-state index in [0.717, 1.165) is 11.3 Å². The number of ether oxygens (including phenoxy) is 2. The van der Waals surface area contributed by atoms with Gasteiger partial charge in [0.15, 0.2) is 0 Å². The average Bonchev–Trinajstić information content (AvgIpc) is 3.11. The first kappa shape index (κ1) is 15.8. The third-order valence-corrected chi connectivity index (χ3v) is 4.95. The Hall–Kier alpha value is -2.08. The minimum absolute atomic E-state index is 0.00840. The number of aliphatic carboxylic acids is 1. The molecule has 0 unspecified atom stereocenters. The summed E-state index contributed by atoms with van der Waals surface area (Å²) in [5.74, 6) is -0.199. The van der Waals surface area contributed by atoms with Gasteiger partial charge in [-0.15, -0.1) is 0 Å². The number of aryl methyl sites for hydroxylation is 1. The van der Waals surface area contributed by atoms with E-state index in [1.165, 1.54) is 0 Å². The molecule has 1 amide bonds. The summed E-state index contributed by atoms with van der Waals surface area (Å²) in [6, 6.07) is 7.62. The topological polar surface area (TPSA) is 76.1 Å². The molecular formula is C17H21NO5. The van der Waals surface area contributed by atoms with Crippen LogP contribution in [0.4, 0.5) is 0 Å². The molecule has 2 heterocycles. The number of hydrogen-bond donors (Lipinski definition) is 1. The van der Waals surface area contributed by atoms with Gasteiger partial charge in [-0.1, -0.05) is 18.2 Å². The SMILES string of the molecule is COc1ccccc1CCC(=O)N1C[C@@H]2COC[C@]2(C(=O)O)C1. The molecule has 6 heteroatoms. The van der Waals surface area contributed by atoms with Crippen molar-refractivity contribution in [3.05, 3.63) is 29.8 Å². The number of benzene rings is 1. The van der Waals surface area contributed by atoms with E-state index in [1.54, 1.807) is 12.0 Å². The molecule has 0 aliphatic carbocycles. The van der Waals surface area contributed by atoms with Crippen molar-refractivity contribution < 1.29 is 24.2 Å². The first-order valence-corrected chi connectivity index (χ1v) is 7.77. The van der Waals surface area contributed by atoms with Crippen LogP contribution in [0.25, 0.3) is 0 Å². The van der Waals surface area contributed by atoms with Crippen LogP contribution < -0.4 is 4.74 Å². The van der Waals surface area contributed by atoms with Gasteiger partial charge in [-0.2, -0.15) is 0 Å². The summed E-state index contributed by atoms with van der Waals surface area (Å²) >= 11 is 0. The molecule has 1 N–H and O–H groups in total. The summed E-state index contributed by atoms with van der Waals surface area (Å²) in [4.78, 5) is 25.7. The van der Waals surface area contributed by atoms with Crippen LogP contribution in [0.2, 0.25) is 0 Å². The number of likely N-dealkylation sites (tertiary alicyclic amines) is 1. The van der Waals surface area contributed by atoms with Gasteiger partial charge in [0.05, 0.1) is 20.3 Å². The fourth-order valence-corrected chi connectivity index (χ4v) is 3.54. The third kappa shape index (κ3) is 2.79. The average molecular weight is 319 g/mol. The number of fused-ring (bicyclic) bond motifs is 1. The van der Waals surface area contributed by atoms with Gasteiger partial charge in [-0.3, -0.25) is 9.59 Å². The number of carbonyl (C=O) groups excluding carboxylic acids is 1. The Bertz CT molecular complexity index is 617. The molecule has 1 aromatic carbocycles. The van der Waals surface area contributed by atoms with Crippen LogP contribution in [0.3, 0.4) is 0 Å². The minimum Gasteiger partial charge on any atom is -0.496 e. The summed E-state index contributed by atoms with van der Waals surface area (Å²) in [7, 11) is 1.61. The van der Waals surface area contributed by atoms with Crippen molar-refractivity contribution >= 4 is 11.9 Å². The Balaban J connectivity index is 1.63. The maximum atomic E-state index is 12.5. The summed E-state index contributed by atoms with van der Waals surface area (Å²) in [5, 5.41) is 9.52. The van der Waals surface area contributed by atoms with E-state index in [9.17, 15) is 14.7 Å². The molecule has 2 aliphatic heterocycles. The Kier molecular flexibility index (Phi) is 4.26. The molecule has 124 valence electrons. The molecule has 2 fully saturated rings. The maximum Gasteiger partial charge on any atom is 0.314 e. The number of para-hydroxylation sites is 1. The molecule has 2 atom stereocenters. The van der Waals surface area contributed by atoms with Gasteiger partial charge in [0.25, 0.3) is 0 Å². The predicted octanol–water partition coefficient (Wildman–Crippen LogP) is 1.19. The highest BCUT2D eigenvalue weighted by Gasteiger charge is 2.57.